The Morgan fingerprint density at radius 1 is 0.589 bits per heavy atom. The lowest BCUT2D eigenvalue weighted by molar-refractivity contribution is -0.149. The van der Waals surface area contributed by atoms with Gasteiger partial charge in [0.15, 0.2) is 17.1 Å². The molecular formula is C40H34N2O10S4. The second-order valence-electron chi connectivity index (χ2n) is 12.2. The minimum absolute atomic E-state index is 0.00836. The molecule has 16 heteroatoms. The molecular weight excluding hydrogens is 797 g/mol. The van der Waals surface area contributed by atoms with Crippen LogP contribution in [0.25, 0.3) is 0 Å². The average Bonchev–Trinajstić information content (AvgIpc) is 3.86. The predicted molar refractivity (Wildman–Crippen MR) is 212 cm³/mol. The third-order valence-electron chi connectivity index (χ3n) is 8.01. The third-order valence-corrected chi connectivity index (χ3v) is 13.2. The van der Waals surface area contributed by atoms with E-state index in [0.29, 0.717) is 0 Å². The maximum atomic E-state index is 14.4. The molecule has 0 aliphatic carbocycles. The Bertz CT molecular complexity index is 2120. The van der Waals surface area contributed by atoms with Crippen LogP contribution in [0.1, 0.15) is 38.8 Å². The predicted octanol–water partition coefficient (Wildman–Crippen LogP) is 7.58. The number of nitrogens with zero attached hydrogens (tertiary/aromatic N) is 2. The van der Waals surface area contributed by atoms with Gasteiger partial charge < -0.3 is 18.9 Å². The van der Waals surface area contributed by atoms with E-state index < -0.39 is 41.3 Å². The van der Waals surface area contributed by atoms with Crippen LogP contribution in [0, 0.1) is 0 Å². The van der Waals surface area contributed by atoms with E-state index >= 15 is 0 Å². The highest BCUT2D eigenvalue weighted by molar-refractivity contribution is 8.26. The van der Waals surface area contributed by atoms with Crippen LogP contribution in [0.4, 0.5) is 0 Å². The molecule has 1 fully saturated rings. The molecule has 0 aromatic heterocycles. The van der Waals surface area contributed by atoms with Crippen LogP contribution >= 0.6 is 47.0 Å². The Kier molecular flexibility index (Phi) is 12.5. The summed E-state index contributed by atoms with van der Waals surface area (Å²) in [6.45, 7) is 13.7. The summed E-state index contributed by atoms with van der Waals surface area (Å²) in [5.74, 6) is -4.56. The van der Waals surface area contributed by atoms with Crippen molar-refractivity contribution in [2.75, 3.05) is 13.2 Å². The van der Waals surface area contributed by atoms with E-state index in [2.05, 4.69) is 13.2 Å². The van der Waals surface area contributed by atoms with E-state index in [-0.39, 0.29) is 82.6 Å². The highest BCUT2D eigenvalue weighted by Crippen LogP contribution is 2.69. The number of carbonyl (C=O) groups excluding carboxylic acids is 6. The zero-order chi connectivity index (χ0) is 40.3. The summed E-state index contributed by atoms with van der Waals surface area (Å²) in [5.41, 5.74) is 1.23. The summed E-state index contributed by atoms with van der Waals surface area (Å²) in [4.78, 5) is 82.5. The molecule has 2 amide bonds. The standard InChI is InChI=1S/C40H34N2O10S4/c1-7-49-37(47)26(38(48)50-8-2)40-55-31-27(51-35(45)21(3)4)29-30(28(32(31)56-40)52-36(46)22(5)6)54-39(53-29)25-33(43)41(19-23-15-11-9-12-16-23)42(34(25)44)20-24-17-13-10-14-18-24/h9-18H,3,5,7-8,19-20H2,1-2,4,6H3. The minimum Gasteiger partial charge on any atom is -0.462 e. The molecule has 0 saturated carbocycles. The molecule has 0 atom stereocenters. The van der Waals surface area contributed by atoms with E-state index in [1.165, 1.54) is 23.9 Å². The second-order valence-corrected chi connectivity index (χ2v) is 16.8. The van der Waals surface area contributed by atoms with E-state index in [4.69, 9.17) is 18.9 Å². The second kappa shape index (κ2) is 17.3. The number of rotatable bonds is 12. The Labute approximate surface area is 339 Å². The summed E-state index contributed by atoms with van der Waals surface area (Å²) < 4.78 is 22.7. The van der Waals surface area contributed by atoms with Crippen molar-refractivity contribution in [1.82, 2.24) is 10.0 Å². The summed E-state index contributed by atoms with van der Waals surface area (Å²) in [5, 5.41) is 2.80. The molecule has 56 heavy (non-hydrogen) atoms. The molecule has 3 aromatic rings. The first-order chi connectivity index (χ1) is 26.8. The van der Waals surface area contributed by atoms with Gasteiger partial charge in [0.1, 0.15) is 5.57 Å². The van der Waals surface area contributed by atoms with Crippen molar-refractivity contribution >= 4 is 82.7 Å². The number of ether oxygens (including phenoxy) is 4. The van der Waals surface area contributed by atoms with Crippen LogP contribution in [-0.4, -0.2) is 58.9 Å². The van der Waals surface area contributed by atoms with Crippen LogP contribution in [-0.2, 0) is 51.3 Å². The number of carbonyl (C=O) groups is 6. The molecule has 6 rings (SSSR count). The van der Waals surface area contributed by atoms with Gasteiger partial charge in [-0.1, -0.05) is 121 Å². The quantitative estimate of drug-likeness (QED) is 0.0581. The normalized spacial score (nSPS) is 14.4. The van der Waals surface area contributed by atoms with Gasteiger partial charge in [-0.2, -0.15) is 0 Å². The van der Waals surface area contributed by atoms with Gasteiger partial charge in [0, 0.05) is 11.1 Å². The van der Waals surface area contributed by atoms with Crippen molar-refractivity contribution in [3.05, 3.63) is 116 Å². The van der Waals surface area contributed by atoms with Gasteiger partial charge >= 0.3 is 23.9 Å². The molecule has 12 nitrogen and oxygen atoms in total. The van der Waals surface area contributed by atoms with Gasteiger partial charge in [0.05, 0.1) is 54.4 Å². The van der Waals surface area contributed by atoms with E-state index in [9.17, 15) is 28.8 Å². The molecule has 0 bridgehead atoms. The molecule has 0 spiro atoms. The zero-order valence-electron chi connectivity index (χ0n) is 30.6. The molecule has 1 saturated heterocycles. The lowest BCUT2D eigenvalue weighted by atomic mass is 10.2. The van der Waals surface area contributed by atoms with Gasteiger partial charge in [0.2, 0.25) is 0 Å². The zero-order valence-corrected chi connectivity index (χ0v) is 33.9. The number of hydrogen-bond donors (Lipinski definition) is 0. The van der Waals surface area contributed by atoms with E-state index in [1.54, 1.807) is 13.8 Å². The molecule has 288 valence electrons. The fourth-order valence-electron chi connectivity index (χ4n) is 5.38. The maximum Gasteiger partial charge on any atom is 0.347 e. The lowest BCUT2D eigenvalue weighted by Crippen LogP contribution is -2.39. The maximum absolute atomic E-state index is 14.4. The Morgan fingerprint density at radius 3 is 1.32 bits per heavy atom. The molecule has 0 unspecified atom stereocenters. The van der Waals surface area contributed by atoms with Crippen LogP contribution in [0.2, 0.25) is 0 Å². The number of esters is 4. The largest absolute Gasteiger partial charge is 0.462 e. The van der Waals surface area contributed by atoms with Crippen molar-refractivity contribution in [2.45, 2.75) is 60.4 Å². The number of hydrogen-bond acceptors (Lipinski definition) is 14. The first kappa shape index (κ1) is 40.5. The third kappa shape index (κ3) is 8.19. The number of hydrazine groups is 1. The monoisotopic (exact) mass is 830 g/mol. The Balaban J connectivity index is 1.52. The van der Waals surface area contributed by atoms with Crippen molar-refractivity contribution < 1.29 is 47.7 Å². The highest BCUT2D eigenvalue weighted by atomic mass is 32.2. The highest BCUT2D eigenvalue weighted by Gasteiger charge is 2.47. The van der Waals surface area contributed by atoms with Crippen molar-refractivity contribution in [1.29, 1.82) is 0 Å². The van der Waals surface area contributed by atoms with Crippen LogP contribution in [0.5, 0.6) is 11.5 Å². The topological polar surface area (TPSA) is 146 Å². The number of amides is 2. The average molecular weight is 831 g/mol. The van der Waals surface area contributed by atoms with Crippen molar-refractivity contribution in [3.63, 3.8) is 0 Å². The van der Waals surface area contributed by atoms with Gasteiger partial charge in [0.25, 0.3) is 11.8 Å². The summed E-state index contributed by atoms with van der Waals surface area (Å²) in [6.07, 6.45) is 0. The van der Waals surface area contributed by atoms with Gasteiger partial charge in [-0.15, -0.1) is 0 Å². The summed E-state index contributed by atoms with van der Waals surface area (Å²) >= 11 is 3.83. The van der Waals surface area contributed by atoms with E-state index in [1.807, 2.05) is 60.7 Å². The Morgan fingerprint density at radius 2 is 0.964 bits per heavy atom. The molecule has 3 heterocycles. The molecule has 3 aromatic carbocycles. The van der Waals surface area contributed by atoms with E-state index in [0.717, 1.165) is 58.2 Å². The van der Waals surface area contributed by atoms with Gasteiger partial charge in [-0.25, -0.2) is 29.2 Å². The minimum atomic E-state index is -0.934. The fourth-order valence-corrected chi connectivity index (χ4v) is 10.9. The molecule has 3 aliphatic heterocycles. The van der Waals surface area contributed by atoms with Crippen LogP contribution in [0.15, 0.2) is 124 Å². The van der Waals surface area contributed by atoms with Gasteiger partial charge in [-0.05, 0) is 38.8 Å². The number of fused-ring (bicyclic) bond motifs is 2. The summed E-state index contributed by atoms with van der Waals surface area (Å²) in [6, 6.07) is 18.5. The van der Waals surface area contributed by atoms with Crippen LogP contribution in [0.3, 0.4) is 0 Å². The molecule has 0 N–H and O–H groups in total. The lowest BCUT2D eigenvalue weighted by Gasteiger charge is -2.27. The Hall–Kier alpha value is -5.16. The smallest absolute Gasteiger partial charge is 0.347 e. The molecule has 3 aliphatic rings. The number of thioether (sulfide) groups is 4. The number of benzene rings is 3. The SMILES string of the molecule is C=C(C)C(=O)Oc1c2c(c(OC(=O)C(=C)C)c3c1SC(=C1C(=O)N(Cc4ccccc4)N(Cc4ccccc4)C1=O)S3)SC(=C(C(=O)OCC)C(=O)OCC)S2. The first-order valence-corrected chi connectivity index (χ1v) is 20.4. The summed E-state index contributed by atoms with van der Waals surface area (Å²) in [7, 11) is 0. The van der Waals surface area contributed by atoms with Crippen LogP contribution < -0.4 is 9.47 Å². The van der Waals surface area contributed by atoms with Crippen molar-refractivity contribution in [2.24, 2.45) is 0 Å². The fraction of sp³-hybridized carbons (Fsp3) is 0.200. The van der Waals surface area contributed by atoms with Gasteiger partial charge in [-0.3, -0.25) is 9.59 Å². The van der Waals surface area contributed by atoms with Crippen molar-refractivity contribution in [3.8, 4) is 11.5 Å². The molecule has 0 radical (unpaired) electrons. The first-order valence-electron chi connectivity index (χ1n) is 17.1.